The predicted octanol–water partition coefficient (Wildman–Crippen LogP) is 3.40. The van der Waals surface area contributed by atoms with Gasteiger partial charge in [-0.15, -0.1) is 11.3 Å². The van der Waals surface area contributed by atoms with Gasteiger partial charge < -0.3 is 9.47 Å². The molecule has 2 aromatic rings. The number of aromatic nitrogens is 1. The van der Waals surface area contributed by atoms with Crippen LogP contribution < -0.4 is 14.8 Å². The van der Waals surface area contributed by atoms with Crippen LogP contribution in [0.5, 0.6) is 11.5 Å². The third kappa shape index (κ3) is 4.49. The van der Waals surface area contributed by atoms with Crippen LogP contribution in [0.15, 0.2) is 23.6 Å². The van der Waals surface area contributed by atoms with Gasteiger partial charge in [-0.25, -0.2) is 4.98 Å². The Balaban J connectivity index is 1.63. The molecule has 1 aliphatic heterocycles. The first kappa shape index (κ1) is 17.7. The molecule has 1 amide bonds. The largest absolute Gasteiger partial charge is 0.493 e. The lowest BCUT2D eigenvalue weighted by atomic mass is 10.1. The molecule has 0 aliphatic carbocycles. The number of piperidine rings is 1. The van der Waals surface area contributed by atoms with Gasteiger partial charge in [0.05, 0.1) is 19.9 Å². The summed E-state index contributed by atoms with van der Waals surface area (Å²) in [5.74, 6) is 0.914. The van der Waals surface area contributed by atoms with Gasteiger partial charge in [-0.1, -0.05) is 6.42 Å². The van der Waals surface area contributed by atoms with Crippen LogP contribution in [0.3, 0.4) is 0 Å². The lowest BCUT2D eigenvalue weighted by Gasteiger charge is -2.25. The van der Waals surface area contributed by atoms with E-state index in [1.807, 2.05) is 5.38 Å². The van der Waals surface area contributed by atoms with Gasteiger partial charge in [-0.05, 0) is 44.1 Å². The molecule has 3 rings (SSSR count). The van der Waals surface area contributed by atoms with Crippen molar-refractivity contribution in [2.45, 2.75) is 25.8 Å². The number of hydrogen-bond donors (Lipinski definition) is 1. The molecule has 1 saturated heterocycles. The van der Waals surface area contributed by atoms with Crippen LogP contribution in [0.4, 0.5) is 5.13 Å². The summed E-state index contributed by atoms with van der Waals surface area (Å²) in [5.41, 5.74) is 1.51. The van der Waals surface area contributed by atoms with Gasteiger partial charge in [0.2, 0.25) is 0 Å². The average molecular weight is 361 g/mol. The molecular formula is C18H23N3O3S. The first-order valence-corrected chi connectivity index (χ1v) is 9.27. The highest BCUT2D eigenvalue weighted by atomic mass is 32.1. The van der Waals surface area contributed by atoms with E-state index in [2.05, 4.69) is 15.2 Å². The number of methoxy groups -OCH3 is 2. The van der Waals surface area contributed by atoms with E-state index in [4.69, 9.17) is 9.47 Å². The van der Waals surface area contributed by atoms with Crippen molar-refractivity contribution >= 4 is 22.4 Å². The van der Waals surface area contributed by atoms with E-state index in [9.17, 15) is 4.79 Å². The Morgan fingerprint density at radius 2 is 1.96 bits per heavy atom. The molecule has 2 heterocycles. The zero-order chi connectivity index (χ0) is 17.6. The van der Waals surface area contributed by atoms with E-state index < -0.39 is 0 Å². The summed E-state index contributed by atoms with van der Waals surface area (Å²) in [6.45, 7) is 3.11. The number of ether oxygens (including phenoxy) is 2. The van der Waals surface area contributed by atoms with E-state index >= 15 is 0 Å². The number of benzene rings is 1. The molecule has 134 valence electrons. The number of carbonyl (C=O) groups excluding carboxylic acids is 1. The van der Waals surface area contributed by atoms with E-state index in [0.29, 0.717) is 22.2 Å². The maximum atomic E-state index is 12.4. The molecule has 25 heavy (non-hydrogen) atoms. The summed E-state index contributed by atoms with van der Waals surface area (Å²) in [7, 11) is 3.12. The van der Waals surface area contributed by atoms with Gasteiger partial charge in [0.15, 0.2) is 16.6 Å². The number of thiazole rings is 1. The first-order chi connectivity index (χ1) is 12.2. The fourth-order valence-corrected chi connectivity index (χ4v) is 3.63. The summed E-state index contributed by atoms with van der Waals surface area (Å²) < 4.78 is 10.4. The van der Waals surface area contributed by atoms with Gasteiger partial charge in [-0.2, -0.15) is 0 Å². The summed E-state index contributed by atoms with van der Waals surface area (Å²) in [6, 6.07) is 5.09. The lowest BCUT2D eigenvalue weighted by molar-refractivity contribution is 0.102. The standard InChI is InChI=1S/C18H23N3O3S/c1-23-15-7-6-13(10-16(15)24-2)17(22)20-18-19-14(12-25-18)11-21-8-4-3-5-9-21/h6-7,10,12H,3-5,8-9,11H2,1-2H3,(H,19,20,22). The SMILES string of the molecule is COc1ccc(C(=O)Nc2nc(CN3CCCCC3)cs2)cc1OC. The highest BCUT2D eigenvalue weighted by molar-refractivity contribution is 7.13. The summed E-state index contributed by atoms with van der Waals surface area (Å²) in [4.78, 5) is 19.4. The molecule has 7 heteroatoms. The first-order valence-electron chi connectivity index (χ1n) is 8.39. The predicted molar refractivity (Wildman–Crippen MR) is 98.7 cm³/mol. The van der Waals surface area contributed by atoms with Crippen LogP contribution in [-0.2, 0) is 6.54 Å². The molecule has 1 aromatic heterocycles. The molecule has 0 unspecified atom stereocenters. The van der Waals surface area contributed by atoms with Crippen molar-refractivity contribution in [3.8, 4) is 11.5 Å². The van der Waals surface area contributed by atoms with E-state index in [1.54, 1.807) is 32.4 Å². The number of anilines is 1. The van der Waals surface area contributed by atoms with Crippen LogP contribution >= 0.6 is 11.3 Å². The smallest absolute Gasteiger partial charge is 0.257 e. The number of hydrogen-bond acceptors (Lipinski definition) is 6. The Morgan fingerprint density at radius 1 is 1.20 bits per heavy atom. The number of nitrogens with zero attached hydrogens (tertiary/aromatic N) is 2. The number of likely N-dealkylation sites (tertiary alicyclic amines) is 1. The summed E-state index contributed by atoms with van der Waals surface area (Å²) >= 11 is 1.45. The Labute approximate surface area is 151 Å². The molecule has 1 fully saturated rings. The second-order valence-electron chi connectivity index (χ2n) is 6.00. The van der Waals surface area contributed by atoms with Gasteiger partial charge in [0.1, 0.15) is 0 Å². The minimum absolute atomic E-state index is 0.208. The highest BCUT2D eigenvalue weighted by Gasteiger charge is 2.15. The topological polar surface area (TPSA) is 63.7 Å². The van der Waals surface area contributed by atoms with Gasteiger partial charge >= 0.3 is 0 Å². The fourth-order valence-electron chi connectivity index (χ4n) is 2.93. The molecule has 0 radical (unpaired) electrons. The monoisotopic (exact) mass is 361 g/mol. The Morgan fingerprint density at radius 3 is 2.68 bits per heavy atom. The number of nitrogens with one attached hydrogen (secondary N) is 1. The van der Waals surface area contributed by atoms with Crippen LogP contribution in [0.25, 0.3) is 0 Å². The van der Waals surface area contributed by atoms with Crippen molar-refractivity contribution in [1.82, 2.24) is 9.88 Å². The van der Waals surface area contributed by atoms with Crippen molar-refractivity contribution < 1.29 is 14.3 Å². The third-order valence-electron chi connectivity index (χ3n) is 4.25. The summed E-state index contributed by atoms with van der Waals surface area (Å²) in [6.07, 6.45) is 3.83. The quantitative estimate of drug-likeness (QED) is 0.854. The minimum atomic E-state index is -0.208. The molecule has 1 N–H and O–H groups in total. The van der Waals surface area contributed by atoms with E-state index in [-0.39, 0.29) is 5.91 Å². The molecule has 0 atom stereocenters. The van der Waals surface area contributed by atoms with Crippen LogP contribution in [0.1, 0.15) is 35.3 Å². The van der Waals surface area contributed by atoms with E-state index in [1.165, 1.54) is 30.6 Å². The number of amides is 1. The maximum Gasteiger partial charge on any atom is 0.257 e. The Kier molecular flexibility index (Phi) is 5.88. The van der Waals surface area contributed by atoms with Gasteiger partial charge in [-0.3, -0.25) is 15.0 Å². The Hall–Kier alpha value is -2.12. The van der Waals surface area contributed by atoms with Crippen LogP contribution in [0, 0.1) is 0 Å². The zero-order valence-electron chi connectivity index (χ0n) is 14.6. The molecule has 0 saturated carbocycles. The van der Waals surface area contributed by atoms with Crippen molar-refractivity contribution in [3.63, 3.8) is 0 Å². The highest BCUT2D eigenvalue weighted by Crippen LogP contribution is 2.28. The normalized spacial score (nSPS) is 15.0. The average Bonchev–Trinajstić information content (AvgIpc) is 3.08. The summed E-state index contributed by atoms with van der Waals surface area (Å²) in [5, 5.41) is 5.49. The second-order valence-corrected chi connectivity index (χ2v) is 6.86. The van der Waals surface area contributed by atoms with Gasteiger partial charge in [0.25, 0.3) is 5.91 Å². The molecule has 1 aliphatic rings. The molecule has 6 nitrogen and oxygen atoms in total. The minimum Gasteiger partial charge on any atom is -0.493 e. The lowest BCUT2D eigenvalue weighted by Crippen LogP contribution is -2.29. The molecule has 1 aromatic carbocycles. The molecular weight excluding hydrogens is 338 g/mol. The maximum absolute atomic E-state index is 12.4. The van der Waals surface area contributed by atoms with Crippen LogP contribution in [0.2, 0.25) is 0 Å². The zero-order valence-corrected chi connectivity index (χ0v) is 15.4. The number of rotatable bonds is 6. The van der Waals surface area contributed by atoms with Crippen molar-refractivity contribution in [2.24, 2.45) is 0 Å². The molecule has 0 bridgehead atoms. The number of carbonyl (C=O) groups is 1. The molecule has 0 spiro atoms. The van der Waals surface area contributed by atoms with Crippen molar-refractivity contribution in [2.75, 3.05) is 32.6 Å². The Bertz CT molecular complexity index is 726. The van der Waals surface area contributed by atoms with Crippen molar-refractivity contribution in [1.29, 1.82) is 0 Å². The second kappa shape index (κ2) is 8.31. The van der Waals surface area contributed by atoms with Gasteiger partial charge in [0, 0.05) is 17.5 Å². The van der Waals surface area contributed by atoms with Crippen molar-refractivity contribution in [3.05, 3.63) is 34.8 Å². The van der Waals surface area contributed by atoms with E-state index in [0.717, 1.165) is 25.3 Å². The van der Waals surface area contributed by atoms with Crippen LogP contribution in [-0.4, -0.2) is 43.1 Å². The third-order valence-corrected chi connectivity index (χ3v) is 5.06. The fraction of sp³-hybridized carbons (Fsp3) is 0.444.